The number of benzene rings is 1. The van der Waals surface area contributed by atoms with E-state index >= 15 is 0 Å². The van der Waals surface area contributed by atoms with Gasteiger partial charge in [0.25, 0.3) is 0 Å². The summed E-state index contributed by atoms with van der Waals surface area (Å²) >= 11 is 16.9. The summed E-state index contributed by atoms with van der Waals surface area (Å²) in [6.07, 6.45) is 1.03. The summed E-state index contributed by atoms with van der Waals surface area (Å²) in [5.41, 5.74) is 1.17. The molecule has 1 aromatic carbocycles. The first-order chi connectivity index (χ1) is 10.4. The number of pyridine rings is 1. The number of hydrogen-bond donors (Lipinski definition) is 1. The lowest BCUT2D eigenvalue weighted by Gasteiger charge is -2.16. The molecule has 1 atom stereocenters. The predicted molar refractivity (Wildman–Crippen MR) is 91.1 cm³/mol. The molecule has 0 bridgehead atoms. The van der Waals surface area contributed by atoms with E-state index in [1.807, 2.05) is 0 Å². The Morgan fingerprint density at radius 2 is 2.05 bits per heavy atom. The van der Waals surface area contributed by atoms with Crippen LogP contribution in [0.2, 0.25) is 10.0 Å². The van der Waals surface area contributed by atoms with Crippen molar-refractivity contribution in [3.05, 3.63) is 40.5 Å². The molecule has 2 aromatic rings. The first-order valence-electron chi connectivity index (χ1n) is 6.31. The Bertz CT molecular complexity index is 709. The number of nitrogens with zero attached hydrogens (tertiary/aromatic N) is 1. The van der Waals surface area contributed by atoms with Crippen LogP contribution in [0.25, 0.3) is 11.3 Å². The van der Waals surface area contributed by atoms with Crippen LogP contribution in [-0.2, 0) is 4.74 Å². The van der Waals surface area contributed by atoms with E-state index in [0.717, 1.165) is 0 Å². The van der Waals surface area contributed by atoms with Crippen molar-refractivity contribution in [2.45, 2.75) is 13.0 Å². The zero-order chi connectivity index (χ0) is 16.3. The van der Waals surface area contributed by atoms with Gasteiger partial charge in [0.2, 0.25) is 0 Å². The zero-order valence-corrected chi connectivity index (χ0v) is 14.2. The van der Waals surface area contributed by atoms with Crippen molar-refractivity contribution in [3.63, 3.8) is 0 Å². The number of aromatic hydroxyl groups is 1. The quantitative estimate of drug-likeness (QED) is 0.816. The molecule has 7 heteroatoms. The molecule has 116 valence electrons. The first-order valence-corrected chi connectivity index (χ1v) is 7.47. The van der Waals surface area contributed by atoms with Crippen LogP contribution in [0, 0.1) is 0 Å². The number of rotatable bonds is 4. The standard InChI is InChI=1S/C15H13Cl2NO3S/c1-8(15(22)20-2)21-13-4-3-9(5-12(13)19)14-11(17)6-10(16)7-18-14/h3-8,19H,1-2H3. The second kappa shape index (κ2) is 7.13. The van der Waals surface area contributed by atoms with E-state index in [1.54, 1.807) is 25.1 Å². The molecule has 22 heavy (non-hydrogen) atoms. The molecule has 1 aromatic heterocycles. The average Bonchev–Trinajstić information content (AvgIpc) is 2.48. The van der Waals surface area contributed by atoms with E-state index < -0.39 is 6.10 Å². The molecule has 0 saturated heterocycles. The van der Waals surface area contributed by atoms with Crippen LogP contribution in [0.5, 0.6) is 11.5 Å². The molecular formula is C15H13Cl2NO3S. The minimum Gasteiger partial charge on any atom is -0.504 e. The summed E-state index contributed by atoms with van der Waals surface area (Å²) in [5, 5.41) is 11.2. The maximum atomic E-state index is 10.1. The van der Waals surface area contributed by atoms with Crippen LogP contribution in [0.15, 0.2) is 30.5 Å². The first kappa shape index (κ1) is 16.8. The van der Waals surface area contributed by atoms with Crippen LogP contribution in [0.1, 0.15) is 6.92 Å². The van der Waals surface area contributed by atoms with Gasteiger partial charge in [-0.05, 0) is 43.4 Å². The molecule has 1 unspecified atom stereocenters. The van der Waals surface area contributed by atoms with E-state index in [2.05, 4.69) is 4.98 Å². The van der Waals surface area contributed by atoms with Crippen LogP contribution >= 0.6 is 35.4 Å². The number of ether oxygens (including phenoxy) is 2. The molecule has 4 nitrogen and oxygen atoms in total. The van der Waals surface area contributed by atoms with Crippen molar-refractivity contribution >= 4 is 40.5 Å². The normalized spacial score (nSPS) is 11.8. The van der Waals surface area contributed by atoms with Gasteiger partial charge in [-0.15, -0.1) is 0 Å². The molecule has 0 saturated carbocycles. The second-order valence-corrected chi connectivity index (χ2v) is 5.70. The van der Waals surface area contributed by atoms with Crippen molar-refractivity contribution in [2.24, 2.45) is 0 Å². The topological polar surface area (TPSA) is 51.6 Å². The molecule has 0 aliphatic heterocycles. The van der Waals surface area contributed by atoms with Crippen molar-refractivity contribution in [2.75, 3.05) is 7.11 Å². The van der Waals surface area contributed by atoms with Gasteiger partial charge in [-0.2, -0.15) is 0 Å². The van der Waals surface area contributed by atoms with Gasteiger partial charge in [0.1, 0.15) is 0 Å². The van der Waals surface area contributed by atoms with Crippen LogP contribution in [-0.4, -0.2) is 28.4 Å². The van der Waals surface area contributed by atoms with E-state index in [-0.39, 0.29) is 5.75 Å². The van der Waals surface area contributed by atoms with Gasteiger partial charge in [0.15, 0.2) is 22.7 Å². The van der Waals surface area contributed by atoms with Gasteiger partial charge in [0, 0.05) is 11.8 Å². The molecular weight excluding hydrogens is 345 g/mol. The molecule has 0 spiro atoms. The van der Waals surface area contributed by atoms with E-state index in [0.29, 0.717) is 32.1 Å². The van der Waals surface area contributed by atoms with Crippen molar-refractivity contribution in [3.8, 4) is 22.8 Å². The van der Waals surface area contributed by atoms with Gasteiger partial charge in [-0.1, -0.05) is 23.2 Å². The highest BCUT2D eigenvalue weighted by Gasteiger charge is 2.15. The smallest absolute Gasteiger partial charge is 0.200 e. The van der Waals surface area contributed by atoms with Crippen molar-refractivity contribution in [1.82, 2.24) is 4.98 Å². The number of methoxy groups -OCH3 is 1. The number of hydrogen-bond acceptors (Lipinski definition) is 5. The highest BCUT2D eigenvalue weighted by Crippen LogP contribution is 2.34. The SMILES string of the molecule is COC(=S)C(C)Oc1ccc(-c2ncc(Cl)cc2Cl)cc1O. The molecule has 0 radical (unpaired) electrons. The minimum absolute atomic E-state index is 0.0453. The Morgan fingerprint density at radius 1 is 1.32 bits per heavy atom. The summed E-state index contributed by atoms with van der Waals surface area (Å²) in [7, 11) is 1.47. The summed E-state index contributed by atoms with van der Waals surface area (Å²) in [6.45, 7) is 1.73. The van der Waals surface area contributed by atoms with Crippen LogP contribution < -0.4 is 4.74 Å². The highest BCUT2D eigenvalue weighted by molar-refractivity contribution is 7.80. The molecule has 1 heterocycles. The third kappa shape index (κ3) is 3.80. The van der Waals surface area contributed by atoms with E-state index in [1.165, 1.54) is 19.4 Å². The number of aromatic nitrogens is 1. The predicted octanol–water partition coefficient (Wildman–Crippen LogP) is 4.50. The number of phenolic OH excluding ortho intramolecular Hbond substituents is 1. The summed E-state index contributed by atoms with van der Waals surface area (Å²) in [4.78, 5) is 4.16. The molecule has 0 fully saturated rings. The molecule has 0 aliphatic rings. The summed E-state index contributed by atoms with van der Waals surface area (Å²) < 4.78 is 10.5. The molecule has 0 aliphatic carbocycles. The Balaban J connectivity index is 2.28. The Morgan fingerprint density at radius 3 is 2.64 bits per heavy atom. The average molecular weight is 358 g/mol. The van der Waals surface area contributed by atoms with Crippen LogP contribution in [0.4, 0.5) is 0 Å². The van der Waals surface area contributed by atoms with Gasteiger partial charge >= 0.3 is 0 Å². The Kier molecular flexibility index (Phi) is 5.45. The fourth-order valence-electron chi connectivity index (χ4n) is 1.80. The maximum absolute atomic E-state index is 10.1. The summed E-state index contributed by atoms with van der Waals surface area (Å²) in [6, 6.07) is 6.46. The highest BCUT2D eigenvalue weighted by atomic mass is 35.5. The van der Waals surface area contributed by atoms with E-state index in [9.17, 15) is 5.11 Å². The zero-order valence-electron chi connectivity index (χ0n) is 11.8. The number of thiocarbonyl (C=S) groups is 1. The molecule has 2 rings (SSSR count). The fraction of sp³-hybridized carbons (Fsp3) is 0.200. The summed E-state index contributed by atoms with van der Waals surface area (Å²) in [5.74, 6) is 0.247. The third-order valence-corrected chi connectivity index (χ3v) is 3.87. The Hall–Kier alpha value is -1.56. The molecule has 1 N–H and O–H groups in total. The van der Waals surface area contributed by atoms with Crippen molar-refractivity contribution in [1.29, 1.82) is 0 Å². The Labute approximate surface area is 143 Å². The van der Waals surface area contributed by atoms with E-state index in [4.69, 9.17) is 44.9 Å². The lowest BCUT2D eigenvalue weighted by Crippen LogP contribution is -2.23. The van der Waals surface area contributed by atoms with Crippen molar-refractivity contribution < 1.29 is 14.6 Å². The maximum Gasteiger partial charge on any atom is 0.200 e. The lowest BCUT2D eigenvalue weighted by atomic mass is 10.1. The third-order valence-electron chi connectivity index (χ3n) is 2.88. The lowest BCUT2D eigenvalue weighted by molar-refractivity contribution is 0.239. The largest absolute Gasteiger partial charge is 0.504 e. The van der Waals surface area contributed by atoms with Gasteiger partial charge in [-0.3, -0.25) is 4.98 Å². The van der Waals surface area contributed by atoms with Crippen LogP contribution in [0.3, 0.4) is 0 Å². The monoisotopic (exact) mass is 357 g/mol. The fourth-order valence-corrected chi connectivity index (χ4v) is 2.33. The van der Waals surface area contributed by atoms with Gasteiger partial charge < -0.3 is 14.6 Å². The minimum atomic E-state index is -0.464. The number of phenols is 1. The molecule has 0 amide bonds. The van der Waals surface area contributed by atoms with Gasteiger partial charge in [-0.25, -0.2) is 0 Å². The number of halogens is 2. The second-order valence-electron chi connectivity index (χ2n) is 4.45. The van der Waals surface area contributed by atoms with Gasteiger partial charge in [0.05, 0.1) is 22.8 Å².